The first-order valence-corrected chi connectivity index (χ1v) is 7.85. The monoisotopic (exact) mass is 315 g/mol. The van der Waals surface area contributed by atoms with Gasteiger partial charge in [0.15, 0.2) is 5.96 Å². The molecule has 8 heteroatoms. The fourth-order valence-electron chi connectivity index (χ4n) is 1.20. The van der Waals surface area contributed by atoms with E-state index in [-0.39, 0.29) is 11.3 Å². The quantitative estimate of drug-likeness (QED) is 0.582. The first-order chi connectivity index (χ1) is 9.06. The molecule has 0 heterocycles. The van der Waals surface area contributed by atoms with Gasteiger partial charge >= 0.3 is 6.18 Å². The molecule has 2 N–H and O–H groups in total. The van der Waals surface area contributed by atoms with Crippen LogP contribution in [0.4, 0.5) is 13.2 Å². The van der Waals surface area contributed by atoms with Crippen LogP contribution in [-0.2, 0) is 10.8 Å². The van der Waals surface area contributed by atoms with Crippen molar-refractivity contribution in [3.63, 3.8) is 0 Å². The molecule has 0 amide bonds. The van der Waals surface area contributed by atoms with Crippen LogP contribution in [0.3, 0.4) is 0 Å². The van der Waals surface area contributed by atoms with E-state index in [1.54, 1.807) is 0 Å². The molecule has 0 aromatic rings. The number of rotatable bonds is 6. The summed E-state index contributed by atoms with van der Waals surface area (Å²) in [6.45, 7) is 8.11. The second-order valence-corrected chi connectivity index (χ2v) is 7.54. The Morgan fingerprint density at radius 1 is 1.20 bits per heavy atom. The normalized spacial score (nSPS) is 15.1. The van der Waals surface area contributed by atoms with Crippen LogP contribution in [0.15, 0.2) is 4.99 Å². The zero-order valence-corrected chi connectivity index (χ0v) is 13.2. The van der Waals surface area contributed by atoms with Gasteiger partial charge in [-0.25, -0.2) is 0 Å². The van der Waals surface area contributed by atoms with Crippen molar-refractivity contribution in [3.05, 3.63) is 0 Å². The summed E-state index contributed by atoms with van der Waals surface area (Å²) in [4.78, 5) is 3.83. The maximum Gasteiger partial charge on any atom is 0.390 e. The lowest BCUT2D eigenvalue weighted by Gasteiger charge is -2.18. The van der Waals surface area contributed by atoms with E-state index < -0.39 is 23.4 Å². The van der Waals surface area contributed by atoms with Crippen LogP contribution < -0.4 is 10.6 Å². The highest BCUT2D eigenvalue weighted by molar-refractivity contribution is 7.86. The smallest absolute Gasteiger partial charge is 0.357 e. The molecule has 4 nitrogen and oxygen atoms in total. The van der Waals surface area contributed by atoms with E-state index in [1.807, 2.05) is 27.7 Å². The molecular formula is C12H24F3N3OS. The average molecular weight is 315 g/mol. The average Bonchev–Trinajstić information content (AvgIpc) is 2.25. The largest absolute Gasteiger partial charge is 0.390 e. The summed E-state index contributed by atoms with van der Waals surface area (Å²) < 4.78 is 47.6. The molecule has 0 saturated heterocycles. The van der Waals surface area contributed by atoms with Crippen molar-refractivity contribution in [2.24, 2.45) is 4.99 Å². The van der Waals surface area contributed by atoms with Gasteiger partial charge < -0.3 is 10.6 Å². The minimum absolute atomic E-state index is 0.298. The standard InChI is InChI=1S/C12H24F3N3OS/c1-5-16-10(17-7-6-12(13,14)15)18-8-9-20(19)11(2,3)4/h5-9H2,1-4H3,(H2,16,17,18). The summed E-state index contributed by atoms with van der Waals surface area (Å²) in [6, 6.07) is 0. The van der Waals surface area contributed by atoms with Gasteiger partial charge in [-0.15, -0.1) is 0 Å². The zero-order valence-electron chi connectivity index (χ0n) is 12.4. The number of aliphatic imine (C=N–C) groups is 1. The number of halogens is 3. The van der Waals surface area contributed by atoms with Crippen molar-refractivity contribution < 1.29 is 17.4 Å². The Bertz CT molecular complexity index is 338. The first-order valence-electron chi connectivity index (χ1n) is 6.53. The molecule has 0 aromatic carbocycles. The predicted octanol–water partition coefficient (Wildman–Crippen LogP) is 2.04. The maximum absolute atomic E-state index is 12.0. The van der Waals surface area contributed by atoms with Gasteiger partial charge in [0, 0.05) is 34.4 Å². The Balaban J connectivity index is 4.21. The Morgan fingerprint density at radius 3 is 2.25 bits per heavy atom. The van der Waals surface area contributed by atoms with Gasteiger partial charge in [0.25, 0.3) is 0 Å². The Morgan fingerprint density at radius 2 is 1.80 bits per heavy atom. The lowest BCUT2D eigenvalue weighted by molar-refractivity contribution is -0.132. The second kappa shape index (κ2) is 8.49. The summed E-state index contributed by atoms with van der Waals surface area (Å²) in [7, 11) is -1.00. The SMILES string of the molecule is CCNC(=NCCC(F)(F)F)NCCS(=O)C(C)(C)C. The molecule has 1 atom stereocenters. The highest BCUT2D eigenvalue weighted by Gasteiger charge is 2.26. The molecule has 0 spiro atoms. The third kappa shape index (κ3) is 10.1. The minimum Gasteiger partial charge on any atom is -0.357 e. The minimum atomic E-state index is -4.20. The molecule has 20 heavy (non-hydrogen) atoms. The molecule has 0 aromatic heterocycles. The maximum atomic E-state index is 12.0. The van der Waals surface area contributed by atoms with E-state index in [1.165, 1.54) is 0 Å². The van der Waals surface area contributed by atoms with Crippen LogP contribution >= 0.6 is 0 Å². The number of nitrogens with zero attached hydrogens (tertiary/aromatic N) is 1. The molecule has 0 aliphatic carbocycles. The van der Waals surface area contributed by atoms with Crippen LogP contribution in [0.1, 0.15) is 34.1 Å². The number of nitrogens with one attached hydrogen (secondary N) is 2. The lowest BCUT2D eigenvalue weighted by atomic mass is 10.3. The van der Waals surface area contributed by atoms with Crippen LogP contribution in [0.2, 0.25) is 0 Å². The number of hydrogen-bond acceptors (Lipinski definition) is 2. The van der Waals surface area contributed by atoms with Crippen LogP contribution in [0, 0.1) is 0 Å². The number of alkyl halides is 3. The highest BCUT2D eigenvalue weighted by atomic mass is 32.2. The van der Waals surface area contributed by atoms with Gasteiger partial charge in [-0.3, -0.25) is 9.20 Å². The summed E-state index contributed by atoms with van der Waals surface area (Å²) in [5.74, 6) is 0.746. The summed E-state index contributed by atoms with van der Waals surface area (Å²) in [5, 5.41) is 5.74. The van der Waals surface area contributed by atoms with Crippen LogP contribution in [0.25, 0.3) is 0 Å². The fraction of sp³-hybridized carbons (Fsp3) is 0.917. The van der Waals surface area contributed by atoms with E-state index in [9.17, 15) is 17.4 Å². The summed E-state index contributed by atoms with van der Waals surface area (Å²) in [5.41, 5.74) is 0. The van der Waals surface area contributed by atoms with Crippen molar-refractivity contribution in [1.82, 2.24) is 10.6 Å². The van der Waals surface area contributed by atoms with Gasteiger partial charge in [-0.05, 0) is 27.7 Å². The van der Waals surface area contributed by atoms with E-state index in [0.717, 1.165) is 0 Å². The Labute approximate surface area is 121 Å². The predicted molar refractivity (Wildman–Crippen MR) is 77.4 cm³/mol. The molecule has 0 aliphatic rings. The van der Waals surface area contributed by atoms with Crippen molar-refractivity contribution in [2.45, 2.75) is 45.0 Å². The lowest BCUT2D eigenvalue weighted by Crippen LogP contribution is -2.40. The van der Waals surface area contributed by atoms with E-state index in [2.05, 4.69) is 15.6 Å². The van der Waals surface area contributed by atoms with Crippen molar-refractivity contribution >= 4 is 16.8 Å². The number of hydrogen-bond donors (Lipinski definition) is 2. The van der Waals surface area contributed by atoms with Gasteiger partial charge in [-0.1, -0.05) is 0 Å². The zero-order chi connectivity index (χ0) is 15.8. The van der Waals surface area contributed by atoms with Crippen LogP contribution in [-0.4, -0.2) is 46.5 Å². The fourth-order valence-corrected chi connectivity index (χ4v) is 2.10. The van der Waals surface area contributed by atoms with E-state index >= 15 is 0 Å². The van der Waals surface area contributed by atoms with Crippen molar-refractivity contribution in [3.8, 4) is 0 Å². The van der Waals surface area contributed by atoms with E-state index in [4.69, 9.17) is 0 Å². The Kier molecular flexibility index (Phi) is 8.15. The summed E-state index contributed by atoms with van der Waals surface area (Å²) >= 11 is 0. The molecule has 120 valence electrons. The molecule has 0 saturated carbocycles. The Hall–Kier alpha value is -0.790. The molecule has 1 unspecified atom stereocenters. The molecule has 0 radical (unpaired) electrons. The molecule has 0 bridgehead atoms. The second-order valence-electron chi connectivity index (χ2n) is 5.21. The summed E-state index contributed by atoms with van der Waals surface area (Å²) in [6.07, 6.45) is -5.15. The third-order valence-corrected chi connectivity index (χ3v) is 4.21. The molecule has 0 fully saturated rings. The molecule has 0 rings (SSSR count). The molecule has 0 aliphatic heterocycles. The van der Waals surface area contributed by atoms with Gasteiger partial charge in [0.05, 0.1) is 13.0 Å². The number of guanidine groups is 1. The van der Waals surface area contributed by atoms with Gasteiger partial charge in [0.2, 0.25) is 0 Å². The van der Waals surface area contributed by atoms with Crippen molar-refractivity contribution in [1.29, 1.82) is 0 Å². The highest BCUT2D eigenvalue weighted by Crippen LogP contribution is 2.18. The third-order valence-electron chi connectivity index (χ3n) is 2.27. The van der Waals surface area contributed by atoms with Crippen molar-refractivity contribution in [2.75, 3.05) is 25.4 Å². The van der Waals surface area contributed by atoms with Gasteiger partial charge in [-0.2, -0.15) is 13.2 Å². The van der Waals surface area contributed by atoms with Gasteiger partial charge in [0.1, 0.15) is 0 Å². The molecular weight excluding hydrogens is 291 g/mol. The van der Waals surface area contributed by atoms with Crippen LogP contribution in [0.5, 0.6) is 0 Å². The van der Waals surface area contributed by atoms with E-state index in [0.29, 0.717) is 24.8 Å². The topological polar surface area (TPSA) is 53.5 Å². The first kappa shape index (κ1) is 19.2.